The minimum absolute atomic E-state index is 0.245. The maximum Gasteiger partial charge on any atom is 0.184 e. The predicted molar refractivity (Wildman–Crippen MR) is 76.1 cm³/mol. The van der Waals surface area contributed by atoms with E-state index in [-0.39, 0.29) is 6.04 Å². The fourth-order valence-electron chi connectivity index (χ4n) is 3.02. The van der Waals surface area contributed by atoms with Crippen LogP contribution in [-0.2, 0) is 6.42 Å². The molecule has 0 N–H and O–H groups in total. The van der Waals surface area contributed by atoms with Crippen LogP contribution in [0.5, 0.6) is 0 Å². The van der Waals surface area contributed by atoms with E-state index in [2.05, 4.69) is 11.9 Å². The molecule has 1 aliphatic carbocycles. The molecule has 2 aromatic rings. The first kappa shape index (κ1) is 13.8. The van der Waals surface area contributed by atoms with Gasteiger partial charge in [0.2, 0.25) is 0 Å². The van der Waals surface area contributed by atoms with Crippen molar-refractivity contribution in [2.75, 3.05) is 5.88 Å². The number of aryl methyl sites for hydroxylation is 1. The number of fused-ring (bicyclic) bond motifs is 1. The Morgan fingerprint density at radius 2 is 2.20 bits per heavy atom. The van der Waals surface area contributed by atoms with E-state index in [1.807, 2.05) is 4.57 Å². The zero-order valence-corrected chi connectivity index (χ0v) is 12.1. The number of aromatic nitrogens is 2. The smallest absolute Gasteiger partial charge is 0.184 e. The molecule has 2 atom stereocenters. The van der Waals surface area contributed by atoms with Gasteiger partial charge in [-0.1, -0.05) is 13.3 Å². The topological polar surface area (TPSA) is 17.8 Å². The van der Waals surface area contributed by atoms with Crippen LogP contribution in [-0.4, -0.2) is 15.4 Å². The van der Waals surface area contributed by atoms with Crippen molar-refractivity contribution in [3.63, 3.8) is 0 Å². The lowest BCUT2D eigenvalue weighted by Crippen LogP contribution is -2.05. The molecule has 0 spiro atoms. The number of hydrogen-bond acceptors (Lipinski definition) is 1. The highest BCUT2D eigenvalue weighted by atomic mass is 35.5. The zero-order valence-electron chi connectivity index (χ0n) is 11.4. The van der Waals surface area contributed by atoms with E-state index in [1.54, 1.807) is 6.07 Å². The molecule has 1 aromatic heterocycles. The van der Waals surface area contributed by atoms with Crippen LogP contribution in [0, 0.1) is 17.6 Å². The van der Waals surface area contributed by atoms with Crippen molar-refractivity contribution in [3.05, 3.63) is 29.6 Å². The molecule has 5 heteroatoms. The molecule has 0 saturated heterocycles. The molecule has 1 saturated carbocycles. The normalized spacial score (nSPS) is 21.6. The van der Waals surface area contributed by atoms with Gasteiger partial charge in [-0.15, -0.1) is 11.6 Å². The fraction of sp³-hybridized carbons (Fsp3) is 0.533. The highest BCUT2D eigenvalue weighted by Gasteiger charge is 2.40. The zero-order chi connectivity index (χ0) is 14.3. The van der Waals surface area contributed by atoms with E-state index >= 15 is 0 Å². The van der Waals surface area contributed by atoms with Crippen molar-refractivity contribution in [2.45, 2.75) is 38.6 Å². The number of hydrogen-bond donors (Lipinski definition) is 0. The van der Waals surface area contributed by atoms with E-state index in [1.165, 1.54) is 0 Å². The number of imidazole rings is 1. The Bertz CT molecular complexity index is 638. The third-order valence-corrected chi connectivity index (χ3v) is 4.20. The van der Waals surface area contributed by atoms with E-state index < -0.39 is 11.6 Å². The van der Waals surface area contributed by atoms with Crippen LogP contribution < -0.4 is 0 Å². The summed E-state index contributed by atoms with van der Waals surface area (Å²) in [6, 6.07) is 2.92. The maximum absolute atomic E-state index is 14.1. The summed E-state index contributed by atoms with van der Waals surface area (Å²) < 4.78 is 29.5. The van der Waals surface area contributed by atoms with Crippen LogP contribution in [0.25, 0.3) is 11.0 Å². The molecule has 20 heavy (non-hydrogen) atoms. The molecule has 0 amide bonds. The van der Waals surface area contributed by atoms with Crippen molar-refractivity contribution in [3.8, 4) is 0 Å². The van der Waals surface area contributed by atoms with Crippen LogP contribution >= 0.6 is 11.6 Å². The Balaban J connectivity index is 2.11. The molecule has 3 rings (SSSR count). The monoisotopic (exact) mass is 298 g/mol. The molecule has 0 bridgehead atoms. The quantitative estimate of drug-likeness (QED) is 0.745. The van der Waals surface area contributed by atoms with E-state index in [0.717, 1.165) is 31.2 Å². The van der Waals surface area contributed by atoms with Crippen LogP contribution in [0.4, 0.5) is 8.78 Å². The third-order valence-electron chi connectivity index (χ3n) is 4.01. The van der Waals surface area contributed by atoms with Crippen molar-refractivity contribution in [1.29, 1.82) is 0 Å². The van der Waals surface area contributed by atoms with Crippen LogP contribution in [0.15, 0.2) is 12.1 Å². The molecule has 1 fully saturated rings. The molecule has 0 radical (unpaired) electrons. The van der Waals surface area contributed by atoms with Gasteiger partial charge < -0.3 is 4.57 Å². The predicted octanol–water partition coefficient (Wildman–Crippen LogP) is 4.46. The van der Waals surface area contributed by atoms with Crippen LogP contribution in [0.1, 0.15) is 38.1 Å². The lowest BCUT2D eigenvalue weighted by Gasteiger charge is -2.09. The molecule has 2 unspecified atom stereocenters. The van der Waals surface area contributed by atoms with E-state index in [0.29, 0.717) is 29.3 Å². The lowest BCUT2D eigenvalue weighted by molar-refractivity contribution is 0.508. The van der Waals surface area contributed by atoms with E-state index in [4.69, 9.17) is 11.6 Å². The van der Waals surface area contributed by atoms with Gasteiger partial charge in [0, 0.05) is 18.3 Å². The second-order valence-corrected chi connectivity index (χ2v) is 5.80. The van der Waals surface area contributed by atoms with Crippen LogP contribution in [0.3, 0.4) is 0 Å². The molecule has 108 valence electrons. The minimum atomic E-state index is -0.816. The highest BCUT2D eigenvalue weighted by Crippen LogP contribution is 2.48. The average molecular weight is 299 g/mol. The average Bonchev–Trinajstić information content (AvgIpc) is 3.07. The minimum Gasteiger partial charge on any atom is -0.322 e. The van der Waals surface area contributed by atoms with Crippen molar-refractivity contribution in [1.82, 2.24) is 9.55 Å². The van der Waals surface area contributed by atoms with Gasteiger partial charge in [0.15, 0.2) is 11.6 Å². The Morgan fingerprint density at radius 1 is 1.40 bits per heavy atom. The Kier molecular flexibility index (Phi) is 3.67. The van der Waals surface area contributed by atoms with Gasteiger partial charge in [-0.25, -0.2) is 13.8 Å². The standard InChI is InChI=1S/C15H17ClF2N2/c1-2-3-9-8-12(9)20-13(6-7-16)19-11-5-4-10(17)14(18)15(11)20/h4-5,9,12H,2-3,6-8H2,1H3. The summed E-state index contributed by atoms with van der Waals surface area (Å²) in [5, 5.41) is 0. The number of alkyl halides is 1. The SMILES string of the molecule is CCCC1CC1n1c(CCCl)nc2ccc(F)c(F)c21. The van der Waals surface area contributed by atoms with Crippen molar-refractivity contribution in [2.24, 2.45) is 5.92 Å². The van der Waals surface area contributed by atoms with Crippen molar-refractivity contribution >= 4 is 22.6 Å². The maximum atomic E-state index is 14.1. The van der Waals surface area contributed by atoms with Gasteiger partial charge in [0.25, 0.3) is 0 Å². The first-order chi connectivity index (χ1) is 9.67. The molecule has 0 aliphatic heterocycles. The first-order valence-corrected chi connectivity index (χ1v) is 7.61. The summed E-state index contributed by atoms with van der Waals surface area (Å²) in [6.07, 6.45) is 3.81. The molecular weight excluding hydrogens is 282 g/mol. The second kappa shape index (κ2) is 5.32. The highest BCUT2D eigenvalue weighted by molar-refractivity contribution is 6.17. The fourth-order valence-corrected chi connectivity index (χ4v) is 3.19. The van der Waals surface area contributed by atoms with Gasteiger partial charge >= 0.3 is 0 Å². The van der Waals surface area contributed by atoms with Crippen LogP contribution in [0.2, 0.25) is 0 Å². The van der Waals surface area contributed by atoms with Gasteiger partial charge in [-0.05, 0) is 30.9 Å². The van der Waals surface area contributed by atoms with Gasteiger partial charge in [0.1, 0.15) is 11.3 Å². The molecule has 1 aliphatic rings. The summed E-state index contributed by atoms with van der Waals surface area (Å²) in [5.41, 5.74) is 0.819. The van der Waals surface area contributed by atoms with Gasteiger partial charge in [0.05, 0.1) is 5.52 Å². The largest absolute Gasteiger partial charge is 0.322 e. The summed E-state index contributed by atoms with van der Waals surface area (Å²) >= 11 is 5.81. The summed E-state index contributed by atoms with van der Waals surface area (Å²) in [4.78, 5) is 4.43. The summed E-state index contributed by atoms with van der Waals surface area (Å²) in [7, 11) is 0. The molecule has 1 heterocycles. The molecule has 2 nitrogen and oxygen atoms in total. The van der Waals surface area contributed by atoms with Gasteiger partial charge in [-0.3, -0.25) is 0 Å². The summed E-state index contributed by atoms with van der Waals surface area (Å²) in [6.45, 7) is 2.14. The summed E-state index contributed by atoms with van der Waals surface area (Å²) in [5.74, 6) is 0.137. The second-order valence-electron chi connectivity index (χ2n) is 5.42. The number of halogens is 3. The Labute approximate surface area is 121 Å². The lowest BCUT2D eigenvalue weighted by atomic mass is 10.2. The first-order valence-electron chi connectivity index (χ1n) is 7.08. The van der Waals surface area contributed by atoms with Gasteiger partial charge in [-0.2, -0.15) is 0 Å². The number of rotatable bonds is 5. The van der Waals surface area contributed by atoms with E-state index in [9.17, 15) is 8.78 Å². The van der Waals surface area contributed by atoms with Crippen molar-refractivity contribution < 1.29 is 8.78 Å². The molecular formula is C15H17ClF2N2. The third kappa shape index (κ3) is 2.20. The Morgan fingerprint density at radius 3 is 2.90 bits per heavy atom. The molecule has 1 aromatic carbocycles. The number of benzene rings is 1. The Hall–Kier alpha value is -1.16. The number of nitrogens with zero attached hydrogens (tertiary/aromatic N) is 2.